The highest BCUT2D eigenvalue weighted by Crippen LogP contribution is 2.20. The molecule has 0 saturated carbocycles. The van der Waals surface area contributed by atoms with Gasteiger partial charge in [0.1, 0.15) is 5.82 Å². The average molecular weight is 390 g/mol. The van der Waals surface area contributed by atoms with E-state index in [2.05, 4.69) is 15.1 Å². The molecule has 1 amide bonds. The molecular weight excluding hydrogens is 365 g/mol. The van der Waals surface area contributed by atoms with Crippen LogP contribution in [0, 0.1) is 5.82 Å². The van der Waals surface area contributed by atoms with E-state index in [9.17, 15) is 9.18 Å². The van der Waals surface area contributed by atoms with Crippen LogP contribution >= 0.6 is 11.6 Å². The van der Waals surface area contributed by atoms with Crippen LogP contribution in [0.2, 0.25) is 5.02 Å². The third-order valence-electron chi connectivity index (χ3n) is 4.85. The summed E-state index contributed by atoms with van der Waals surface area (Å²) in [6.07, 6.45) is 1.25. The lowest BCUT2D eigenvalue weighted by atomic mass is 10.1. The Labute approximate surface area is 164 Å². The van der Waals surface area contributed by atoms with Crippen molar-refractivity contribution in [1.82, 2.24) is 10.2 Å². The number of rotatable bonds is 7. The Kier molecular flexibility index (Phi) is 7.07. The zero-order valence-corrected chi connectivity index (χ0v) is 16.1. The standard InChI is InChI=1S/C21H25ClFN3O/c22-18-5-3-4-17(16-18)8-10-24-21(27)9-11-25-12-14-26(15-13-25)20-7-2-1-6-19(20)23/h1-7,16H,8-15H2,(H,24,27). The number of benzene rings is 2. The van der Waals surface area contributed by atoms with Crippen LogP contribution in [-0.2, 0) is 11.2 Å². The molecule has 1 heterocycles. The van der Waals surface area contributed by atoms with Crippen LogP contribution in [0.25, 0.3) is 0 Å². The Morgan fingerprint density at radius 3 is 2.59 bits per heavy atom. The maximum absolute atomic E-state index is 13.9. The molecule has 0 aromatic heterocycles. The van der Waals surface area contributed by atoms with Gasteiger partial charge in [0, 0.05) is 50.7 Å². The lowest BCUT2D eigenvalue weighted by molar-refractivity contribution is -0.121. The quantitative estimate of drug-likeness (QED) is 0.788. The van der Waals surface area contributed by atoms with Crippen molar-refractivity contribution >= 4 is 23.2 Å². The second kappa shape index (κ2) is 9.72. The molecule has 0 unspecified atom stereocenters. The smallest absolute Gasteiger partial charge is 0.221 e. The number of hydrogen-bond acceptors (Lipinski definition) is 3. The van der Waals surface area contributed by atoms with Crippen molar-refractivity contribution in [3.05, 3.63) is 64.9 Å². The molecule has 144 valence electrons. The Hall–Kier alpha value is -2.11. The second-order valence-corrected chi connectivity index (χ2v) is 7.20. The van der Waals surface area contributed by atoms with Gasteiger partial charge in [-0.3, -0.25) is 9.69 Å². The maximum Gasteiger partial charge on any atom is 0.221 e. The fourth-order valence-electron chi connectivity index (χ4n) is 3.31. The van der Waals surface area contributed by atoms with Gasteiger partial charge in [0.05, 0.1) is 5.69 Å². The first-order valence-electron chi connectivity index (χ1n) is 9.35. The molecule has 1 aliphatic rings. The van der Waals surface area contributed by atoms with Crippen molar-refractivity contribution in [2.75, 3.05) is 44.2 Å². The molecule has 1 aliphatic heterocycles. The normalized spacial score (nSPS) is 15.0. The van der Waals surface area contributed by atoms with E-state index in [1.54, 1.807) is 6.07 Å². The number of carbonyl (C=O) groups excluding carboxylic acids is 1. The first-order chi connectivity index (χ1) is 13.1. The maximum atomic E-state index is 13.9. The summed E-state index contributed by atoms with van der Waals surface area (Å²) in [6.45, 7) is 4.57. The molecule has 0 aliphatic carbocycles. The molecule has 0 atom stereocenters. The summed E-state index contributed by atoms with van der Waals surface area (Å²) in [5, 5.41) is 3.68. The highest BCUT2D eigenvalue weighted by atomic mass is 35.5. The molecule has 4 nitrogen and oxygen atoms in total. The Bertz CT molecular complexity index is 763. The van der Waals surface area contributed by atoms with Gasteiger partial charge in [-0.15, -0.1) is 0 Å². The summed E-state index contributed by atoms with van der Waals surface area (Å²) in [5.41, 5.74) is 1.78. The van der Waals surface area contributed by atoms with Crippen molar-refractivity contribution in [3.63, 3.8) is 0 Å². The predicted octanol–water partition coefficient (Wildman–Crippen LogP) is 3.35. The van der Waals surface area contributed by atoms with Crippen LogP contribution in [-0.4, -0.2) is 50.1 Å². The molecule has 2 aromatic rings. The van der Waals surface area contributed by atoms with Gasteiger partial charge in [-0.05, 0) is 36.2 Å². The van der Waals surface area contributed by atoms with E-state index in [-0.39, 0.29) is 11.7 Å². The number of nitrogens with one attached hydrogen (secondary N) is 1. The molecule has 3 rings (SSSR count). The highest BCUT2D eigenvalue weighted by Gasteiger charge is 2.19. The van der Waals surface area contributed by atoms with Gasteiger partial charge >= 0.3 is 0 Å². The lowest BCUT2D eigenvalue weighted by Crippen LogP contribution is -2.47. The number of carbonyl (C=O) groups is 1. The average Bonchev–Trinajstić information content (AvgIpc) is 2.67. The summed E-state index contributed by atoms with van der Waals surface area (Å²) in [5.74, 6) is -0.112. The first-order valence-corrected chi connectivity index (χ1v) is 9.72. The number of hydrogen-bond donors (Lipinski definition) is 1. The van der Waals surface area contributed by atoms with Crippen LogP contribution in [0.1, 0.15) is 12.0 Å². The van der Waals surface area contributed by atoms with E-state index < -0.39 is 0 Å². The SMILES string of the molecule is O=C(CCN1CCN(c2ccccc2F)CC1)NCCc1cccc(Cl)c1. The summed E-state index contributed by atoms with van der Waals surface area (Å²) in [4.78, 5) is 16.4. The molecule has 6 heteroatoms. The van der Waals surface area contributed by atoms with Crippen molar-refractivity contribution in [2.45, 2.75) is 12.8 Å². The number of amides is 1. The van der Waals surface area contributed by atoms with E-state index in [4.69, 9.17) is 11.6 Å². The van der Waals surface area contributed by atoms with Crippen molar-refractivity contribution in [1.29, 1.82) is 0 Å². The summed E-state index contributed by atoms with van der Waals surface area (Å²) in [7, 11) is 0. The van der Waals surface area contributed by atoms with E-state index in [1.807, 2.05) is 36.4 Å². The Balaban J connectivity index is 1.34. The Morgan fingerprint density at radius 2 is 1.85 bits per heavy atom. The van der Waals surface area contributed by atoms with Crippen molar-refractivity contribution < 1.29 is 9.18 Å². The largest absolute Gasteiger partial charge is 0.367 e. The molecule has 0 radical (unpaired) electrons. The molecule has 2 aromatic carbocycles. The zero-order valence-electron chi connectivity index (χ0n) is 15.3. The molecular formula is C21H25ClFN3O. The Morgan fingerprint density at radius 1 is 1.07 bits per heavy atom. The van der Waals surface area contributed by atoms with E-state index in [0.29, 0.717) is 23.7 Å². The minimum Gasteiger partial charge on any atom is -0.367 e. The topological polar surface area (TPSA) is 35.6 Å². The molecule has 0 bridgehead atoms. The number of anilines is 1. The fourth-order valence-corrected chi connectivity index (χ4v) is 3.52. The highest BCUT2D eigenvalue weighted by molar-refractivity contribution is 6.30. The number of para-hydroxylation sites is 1. The van der Waals surface area contributed by atoms with E-state index >= 15 is 0 Å². The van der Waals surface area contributed by atoms with Gasteiger partial charge in [0.2, 0.25) is 5.91 Å². The van der Waals surface area contributed by atoms with Crippen LogP contribution in [0.15, 0.2) is 48.5 Å². The zero-order chi connectivity index (χ0) is 19.1. The van der Waals surface area contributed by atoms with Crippen LogP contribution in [0.3, 0.4) is 0 Å². The van der Waals surface area contributed by atoms with Gasteiger partial charge in [-0.2, -0.15) is 0 Å². The van der Waals surface area contributed by atoms with Gasteiger partial charge in [-0.25, -0.2) is 4.39 Å². The molecule has 1 saturated heterocycles. The summed E-state index contributed by atoms with van der Waals surface area (Å²) >= 11 is 5.96. The first kappa shape index (κ1) is 19.6. The van der Waals surface area contributed by atoms with Crippen LogP contribution in [0.4, 0.5) is 10.1 Å². The second-order valence-electron chi connectivity index (χ2n) is 6.76. The van der Waals surface area contributed by atoms with Gasteiger partial charge in [-0.1, -0.05) is 35.9 Å². The van der Waals surface area contributed by atoms with Gasteiger partial charge < -0.3 is 10.2 Å². The summed E-state index contributed by atoms with van der Waals surface area (Å²) < 4.78 is 13.9. The number of nitrogens with zero attached hydrogens (tertiary/aromatic N) is 2. The lowest BCUT2D eigenvalue weighted by Gasteiger charge is -2.36. The minimum atomic E-state index is -0.176. The third-order valence-corrected chi connectivity index (χ3v) is 5.08. The van der Waals surface area contributed by atoms with E-state index in [1.165, 1.54) is 6.07 Å². The molecule has 1 fully saturated rings. The fraction of sp³-hybridized carbons (Fsp3) is 0.381. The predicted molar refractivity (Wildman–Crippen MR) is 108 cm³/mol. The third kappa shape index (κ3) is 5.94. The van der Waals surface area contributed by atoms with Gasteiger partial charge in [0.25, 0.3) is 0 Å². The van der Waals surface area contributed by atoms with Crippen molar-refractivity contribution in [3.8, 4) is 0 Å². The van der Waals surface area contributed by atoms with Crippen LogP contribution in [0.5, 0.6) is 0 Å². The van der Waals surface area contributed by atoms with E-state index in [0.717, 1.165) is 44.7 Å². The molecule has 1 N–H and O–H groups in total. The van der Waals surface area contributed by atoms with Gasteiger partial charge in [0.15, 0.2) is 0 Å². The molecule has 0 spiro atoms. The number of piperazine rings is 1. The van der Waals surface area contributed by atoms with Crippen LogP contribution < -0.4 is 10.2 Å². The minimum absolute atomic E-state index is 0.0635. The monoisotopic (exact) mass is 389 g/mol. The van der Waals surface area contributed by atoms with Crippen molar-refractivity contribution in [2.24, 2.45) is 0 Å². The summed E-state index contributed by atoms with van der Waals surface area (Å²) in [6, 6.07) is 14.6. The molecule has 27 heavy (non-hydrogen) atoms. The number of halogens is 2.